The third kappa shape index (κ3) is 3.33. The zero-order valence-corrected chi connectivity index (χ0v) is 12.7. The fourth-order valence-corrected chi connectivity index (χ4v) is 3.00. The van der Waals surface area contributed by atoms with Crippen LogP contribution < -0.4 is 5.32 Å². The predicted molar refractivity (Wildman–Crippen MR) is 83.6 cm³/mol. The Labute approximate surface area is 133 Å². The number of benzene rings is 1. The van der Waals surface area contributed by atoms with Crippen molar-refractivity contribution in [2.75, 3.05) is 26.4 Å². The van der Waals surface area contributed by atoms with Crippen LogP contribution in [0, 0.1) is 11.2 Å². The van der Waals surface area contributed by atoms with Crippen molar-refractivity contribution in [1.29, 1.82) is 0 Å². The Kier molecular flexibility index (Phi) is 4.54. The summed E-state index contributed by atoms with van der Waals surface area (Å²) in [7, 11) is 0. The van der Waals surface area contributed by atoms with E-state index in [0.29, 0.717) is 37.1 Å². The van der Waals surface area contributed by atoms with Gasteiger partial charge in [0.2, 0.25) is 0 Å². The van der Waals surface area contributed by atoms with Gasteiger partial charge in [0.05, 0.1) is 17.7 Å². The van der Waals surface area contributed by atoms with Gasteiger partial charge in [-0.3, -0.25) is 9.78 Å². The normalized spacial score (nSPS) is 20.8. The number of hydrogen-bond acceptors (Lipinski definition) is 4. The number of aromatic nitrogens is 1. The summed E-state index contributed by atoms with van der Waals surface area (Å²) in [5, 5.41) is 12.7. The number of carbonyl (C=O) groups is 1. The van der Waals surface area contributed by atoms with Gasteiger partial charge in [0.25, 0.3) is 5.91 Å². The lowest BCUT2D eigenvalue weighted by atomic mass is 9.84. The first-order valence-electron chi connectivity index (χ1n) is 7.65. The van der Waals surface area contributed by atoms with E-state index in [9.17, 15) is 14.3 Å². The van der Waals surface area contributed by atoms with Crippen LogP contribution in [-0.2, 0) is 4.74 Å². The largest absolute Gasteiger partial charge is 0.396 e. The molecule has 1 unspecified atom stereocenters. The van der Waals surface area contributed by atoms with Crippen molar-refractivity contribution in [3.63, 3.8) is 0 Å². The molecular formula is C17H19FN2O3. The van der Waals surface area contributed by atoms with Crippen LogP contribution in [0.3, 0.4) is 0 Å². The molecule has 1 aliphatic rings. The van der Waals surface area contributed by atoms with Gasteiger partial charge in [-0.25, -0.2) is 4.39 Å². The molecule has 2 heterocycles. The lowest BCUT2D eigenvalue weighted by molar-refractivity contribution is 0.0890. The van der Waals surface area contributed by atoms with Gasteiger partial charge in [0, 0.05) is 36.8 Å². The highest BCUT2D eigenvalue weighted by Crippen LogP contribution is 2.31. The Morgan fingerprint density at radius 1 is 1.48 bits per heavy atom. The number of pyridine rings is 1. The molecule has 3 rings (SSSR count). The first kappa shape index (κ1) is 15.8. The van der Waals surface area contributed by atoms with Gasteiger partial charge in [0.1, 0.15) is 5.82 Å². The molecule has 0 spiro atoms. The van der Waals surface area contributed by atoms with Crippen LogP contribution in [0.2, 0.25) is 0 Å². The minimum Gasteiger partial charge on any atom is -0.396 e. The van der Waals surface area contributed by atoms with E-state index in [1.54, 1.807) is 18.3 Å². The number of ether oxygens (including phenoxy) is 1. The summed E-state index contributed by atoms with van der Waals surface area (Å²) in [6.45, 7) is 1.57. The minimum atomic E-state index is -0.468. The van der Waals surface area contributed by atoms with Crippen LogP contribution in [0.1, 0.15) is 23.2 Å². The summed E-state index contributed by atoms with van der Waals surface area (Å²) in [6.07, 6.45) is 2.93. The number of halogens is 1. The third-order valence-corrected chi connectivity index (χ3v) is 4.37. The highest BCUT2D eigenvalue weighted by Gasteiger charge is 2.34. The van der Waals surface area contributed by atoms with Gasteiger partial charge in [-0.05, 0) is 31.0 Å². The van der Waals surface area contributed by atoms with Gasteiger partial charge in [0.15, 0.2) is 0 Å². The molecule has 1 aromatic heterocycles. The molecule has 6 heteroatoms. The van der Waals surface area contributed by atoms with Crippen molar-refractivity contribution in [1.82, 2.24) is 10.3 Å². The second-order valence-corrected chi connectivity index (χ2v) is 5.99. The van der Waals surface area contributed by atoms with E-state index in [2.05, 4.69) is 10.3 Å². The molecule has 1 fully saturated rings. The van der Waals surface area contributed by atoms with Crippen LogP contribution in [-0.4, -0.2) is 42.4 Å². The minimum absolute atomic E-state index is 0.0453. The summed E-state index contributed by atoms with van der Waals surface area (Å²) in [6, 6.07) is 5.99. The maximum Gasteiger partial charge on any atom is 0.253 e. The lowest BCUT2D eigenvalue weighted by Gasteiger charge is -2.26. The fourth-order valence-electron chi connectivity index (χ4n) is 3.00. The SMILES string of the molecule is O=C(NCC1(CCO)CCOC1)c1cc(F)cc2cccnc12. The van der Waals surface area contributed by atoms with Crippen LogP contribution in [0.5, 0.6) is 0 Å². The molecule has 5 nitrogen and oxygen atoms in total. The second kappa shape index (κ2) is 6.60. The van der Waals surface area contributed by atoms with Crippen LogP contribution in [0.15, 0.2) is 30.5 Å². The van der Waals surface area contributed by atoms with Crippen molar-refractivity contribution in [2.45, 2.75) is 12.8 Å². The van der Waals surface area contributed by atoms with Gasteiger partial charge < -0.3 is 15.2 Å². The number of fused-ring (bicyclic) bond motifs is 1. The molecule has 1 aromatic carbocycles. The summed E-state index contributed by atoms with van der Waals surface area (Å²) in [4.78, 5) is 16.7. The van der Waals surface area contributed by atoms with Crippen molar-refractivity contribution in [3.05, 3.63) is 41.8 Å². The molecule has 0 radical (unpaired) electrons. The highest BCUT2D eigenvalue weighted by molar-refractivity contribution is 6.05. The van der Waals surface area contributed by atoms with E-state index in [1.165, 1.54) is 12.1 Å². The van der Waals surface area contributed by atoms with E-state index in [-0.39, 0.29) is 23.5 Å². The van der Waals surface area contributed by atoms with E-state index in [1.807, 2.05) is 0 Å². The second-order valence-electron chi connectivity index (χ2n) is 5.99. The molecule has 1 saturated heterocycles. The van der Waals surface area contributed by atoms with Crippen LogP contribution in [0.4, 0.5) is 4.39 Å². The lowest BCUT2D eigenvalue weighted by Crippen LogP contribution is -2.38. The molecule has 2 aromatic rings. The molecule has 0 bridgehead atoms. The number of nitrogens with one attached hydrogen (secondary N) is 1. The topological polar surface area (TPSA) is 71.5 Å². The highest BCUT2D eigenvalue weighted by atomic mass is 19.1. The number of nitrogens with zero attached hydrogens (tertiary/aromatic N) is 1. The third-order valence-electron chi connectivity index (χ3n) is 4.37. The van der Waals surface area contributed by atoms with E-state index < -0.39 is 5.82 Å². The van der Waals surface area contributed by atoms with Gasteiger partial charge >= 0.3 is 0 Å². The maximum atomic E-state index is 13.7. The molecule has 23 heavy (non-hydrogen) atoms. The smallest absolute Gasteiger partial charge is 0.253 e. The molecule has 2 N–H and O–H groups in total. The van der Waals surface area contributed by atoms with Crippen LogP contribution >= 0.6 is 0 Å². The molecular weight excluding hydrogens is 299 g/mol. The van der Waals surface area contributed by atoms with E-state index in [0.717, 1.165) is 6.42 Å². The predicted octanol–water partition coefficient (Wildman–Crippen LogP) is 1.89. The Balaban J connectivity index is 1.81. The zero-order chi connectivity index (χ0) is 16.3. The van der Waals surface area contributed by atoms with E-state index in [4.69, 9.17) is 4.74 Å². The Bertz CT molecular complexity index is 714. The Morgan fingerprint density at radius 3 is 3.09 bits per heavy atom. The summed E-state index contributed by atoms with van der Waals surface area (Å²) < 4.78 is 19.1. The zero-order valence-electron chi connectivity index (χ0n) is 12.7. The van der Waals surface area contributed by atoms with Crippen molar-refractivity contribution in [2.24, 2.45) is 5.41 Å². The van der Waals surface area contributed by atoms with Crippen molar-refractivity contribution < 1.29 is 19.0 Å². The Hall–Kier alpha value is -2.05. The number of rotatable bonds is 5. The molecule has 122 valence electrons. The molecule has 1 amide bonds. The first-order valence-corrected chi connectivity index (χ1v) is 7.65. The van der Waals surface area contributed by atoms with Gasteiger partial charge in [-0.15, -0.1) is 0 Å². The molecule has 0 aliphatic carbocycles. The first-order chi connectivity index (χ1) is 11.1. The number of carbonyl (C=O) groups excluding carboxylic acids is 1. The maximum absolute atomic E-state index is 13.7. The molecule has 0 saturated carbocycles. The molecule has 1 aliphatic heterocycles. The quantitative estimate of drug-likeness (QED) is 0.883. The number of aliphatic hydroxyl groups excluding tert-OH is 1. The monoisotopic (exact) mass is 318 g/mol. The Morgan fingerprint density at radius 2 is 2.35 bits per heavy atom. The average molecular weight is 318 g/mol. The number of aliphatic hydroxyl groups is 1. The van der Waals surface area contributed by atoms with Gasteiger partial charge in [-0.1, -0.05) is 6.07 Å². The standard InChI is InChI=1S/C17H19FN2O3/c18-13-8-12-2-1-5-19-15(12)14(9-13)16(22)20-10-17(3-6-21)4-7-23-11-17/h1-2,5,8-9,21H,3-4,6-7,10-11H2,(H,20,22). The fraction of sp³-hybridized carbons (Fsp3) is 0.412. The molecule has 1 atom stereocenters. The van der Waals surface area contributed by atoms with Crippen LogP contribution in [0.25, 0.3) is 10.9 Å². The van der Waals surface area contributed by atoms with Crippen molar-refractivity contribution >= 4 is 16.8 Å². The van der Waals surface area contributed by atoms with Gasteiger partial charge in [-0.2, -0.15) is 0 Å². The summed E-state index contributed by atoms with van der Waals surface area (Å²) in [5.41, 5.74) is 0.449. The number of hydrogen-bond donors (Lipinski definition) is 2. The average Bonchev–Trinajstić information content (AvgIpc) is 3.01. The summed E-state index contributed by atoms with van der Waals surface area (Å²) >= 11 is 0. The van der Waals surface area contributed by atoms with Crippen molar-refractivity contribution in [3.8, 4) is 0 Å². The van der Waals surface area contributed by atoms with E-state index >= 15 is 0 Å². The summed E-state index contributed by atoms with van der Waals surface area (Å²) in [5.74, 6) is -0.831. The number of amides is 1.